The molecule has 0 atom stereocenters. The lowest BCUT2D eigenvalue weighted by molar-refractivity contribution is 0.0184. The predicted molar refractivity (Wildman–Crippen MR) is 168 cm³/mol. The van der Waals surface area contributed by atoms with Crippen molar-refractivity contribution in [1.82, 2.24) is 9.88 Å². The van der Waals surface area contributed by atoms with E-state index in [0.717, 1.165) is 30.4 Å². The zero-order chi connectivity index (χ0) is 31.2. The fourth-order valence-corrected chi connectivity index (χ4v) is 5.08. The summed E-state index contributed by atoms with van der Waals surface area (Å²) >= 11 is 0. The number of carbonyl (C=O) groups is 3. The molecule has 4 rings (SSSR count). The molecule has 3 aromatic rings. The van der Waals surface area contributed by atoms with Crippen LogP contribution in [0.15, 0.2) is 67.0 Å². The van der Waals surface area contributed by atoms with Crippen LogP contribution < -0.4 is 5.32 Å². The Morgan fingerprint density at radius 2 is 1.47 bits per heavy atom. The summed E-state index contributed by atoms with van der Waals surface area (Å²) in [5.74, 6) is 0.425. The predicted octanol–water partition coefficient (Wildman–Crippen LogP) is 7.71. The van der Waals surface area contributed by atoms with E-state index in [-0.39, 0.29) is 18.3 Å². The first-order valence-electron chi connectivity index (χ1n) is 14.9. The maximum atomic E-state index is 13.4. The molecule has 2 heterocycles. The molecule has 0 aliphatic carbocycles. The largest absolute Gasteiger partial charge is 0.444 e. The number of likely N-dealkylation sites (tertiary alicyclic amines) is 1. The number of pyridine rings is 1. The first-order valence-corrected chi connectivity index (χ1v) is 14.9. The van der Waals surface area contributed by atoms with Crippen molar-refractivity contribution in [2.45, 2.75) is 78.4 Å². The number of hydrogen-bond donors (Lipinski definition) is 1. The smallest absolute Gasteiger partial charge is 0.412 e. The molecule has 1 aliphatic heterocycles. The molecule has 1 N–H and O–H groups in total. The van der Waals surface area contributed by atoms with Crippen LogP contribution in [0.3, 0.4) is 0 Å². The fraction of sp³-hybridized carbons (Fsp3) is 0.429. The maximum absolute atomic E-state index is 13.4. The fourth-order valence-electron chi connectivity index (χ4n) is 5.08. The van der Waals surface area contributed by atoms with Gasteiger partial charge in [-0.3, -0.25) is 15.1 Å². The van der Waals surface area contributed by atoms with Crippen molar-refractivity contribution in [1.29, 1.82) is 0 Å². The Morgan fingerprint density at radius 1 is 0.837 bits per heavy atom. The van der Waals surface area contributed by atoms with E-state index < -0.39 is 17.3 Å². The van der Waals surface area contributed by atoms with Crippen LogP contribution in [0.1, 0.15) is 75.9 Å². The van der Waals surface area contributed by atoms with Crippen LogP contribution in [0, 0.1) is 5.92 Å². The Balaban J connectivity index is 1.41. The summed E-state index contributed by atoms with van der Waals surface area (Å²) in [4.78, 5) is 44.2. The van der Waals surface area contributed by atoms with Gasteiger partial charge < -0.3 is 14.4 Å². The second kappa shape index (κ2) is 13.4. The minimum Gasteiger partial charge on any atom is -0.444 e. The van der Waals surface area contributed by atoms with E-state index in [1.807, 2.05) is 69.3 Å². The number of amides is 2. The Hall–Kier alpha value is -4.20. The molecule has 1 aliphatic rings. The number of anilines is 1. The first-order chi connectivity index (χ1) is 20.3. The number of aromatic nitrogens is 1. The molecule has 0 saturated carbocycles. The van der Waals surface area contributed by atoms with Gasteiger partial charge in [-0.1, -0.05) is 30.3 Å². The van der Waals surface area contributed by atoms with E-state index in [9.17, 15) is 14.4 Å². The SMILES string of the molecule is CC(C)(C)OC(=O)Nc1ccc(-c2ccncc2)cc1CC(=O)c1ccc(CC2CCN(C(=O)OC(C)(C)C)CC2)cc1. The number of nitrogens with one attached hydrogen (secondary N) is 1. The molecule has 1 fully saturated rings. The van der Waals surface area contributed by atoms with Gasteiger partial charge in [0.2, 0.25) is 0 Å². The van der Waals surface area contributed by atoms with Crippen LogP contribution >= 0.6 is 0 Å². The number of Topliss-reactive ketones (excluding diaryl/α,β-unsaturated/α-hetero) is 1. The van der Waals surface area contributed by atoms with Gasteiger partial charge in [-0.2, -0.15) is 0 Å². The molecule has 0 unspecified atom stereocenters. The molecule has 1 saturated heterocycles. The summed E-state index contributed by atoms with van der Waals surface area (Å²) < 4.78 is 11.0. The molecule has 1 aromatic heterocycles. The summed E-state index contributed by atoms with van der Waals surface area (Å²) in [7, 11) is 0. The zero-order valence-corrected chi connectivity index (χ0v) is 26.1. The van der Waals surface area contributed by atoms with Crippen molar-refractivity contribution in [3.8, 4) is 11.1 Å². The molecule has 0 spiro atoms. The van der Waals surface area contributed by atoms with Crippen LogP contribution in [0.2, 0.25) is 0 Å². The van der Waals surface area contributed by atoms with E-state index in [1.165, 1.54) is 5.56 Å². The molecular formula is C35H43N3O5. The molecule has 8 heteroatoms. The second-order valence-electron chi connectivity index (χ2n) is 13.1. The lowest BCUT2D eigenvalue weighted by Gasteiger charge is -2.33. The van der Waals surface area contributed by atoms with Gasteiger partial charge in [0.15, 0.2) is 5.78 Å². The number of piperidine rings is 1. The van der Waals surface area contributed by atoms with Crippen molar-refractivity contribution in [3.05, 3.63) is 83.7 Å². The molecule has 43 heavy (non-hydrogen) atoms. The van der Waals surface area contributed by atoms with Crippen molar-refractivity contribution < 1.29 is 23.9 Å². The zero-order valence-electron chi connectivity index (χ0n) is 26.1. The monoisotopic (exact) mass is 585 g/mol. The third kappa shape index (κ3) is 9.66. The summed E-state index contributed by atoms with van der Waals surface area (Å²) in [6.45, 7) is 12.4. The lowest BCUT2D eigenvalue weighted by Crippen LogP contribution is -2.42. The van der Waals surface area contributed by atoms with Crippen LogP contribution in [0.4, 0.5) is 15.3 Å². The Bertz CT molecular complexity index is 1410. The highest BCUT2D eigenvalue weighted by atomic mass is 16.6. The van der Waals surface area contributed by atoms with Crippen molar-refractivity contribution in [2.24, 2.45) is 5.92 Å². The highest BCUT2D eigenvalue weighted by Crippen LogP contribution is 2.28. The van der Waals surface area contributed by atoms with Gasteiger partial charge in [0.1, 0.15) is 11.2 Å². The van der Waals surface area contributed by atoms with Gasteiger partial charge in [-0.05, 0) is 113 Å². The summed E-state index contributed by atoms with van der Waals surface area (Å²) in [6.07, 6.45) is 5.48. The number of hydrogen-bond acceptors (Lipinski definition) is 6. The van der Waals surface area contributed by atoms with E-state index in [2.05, 4.69) is 10.3 Å². The summed E-state index contributed by atoms with van der Waals surface area (Å²) in [5.41, 5.74) is 3.77. The second-order valence-corrected chi connectivity index (χ2v) is 13.1. The van der Waals surface area contributed by atoms with Gasteiger partial charge in [-0.25, -0.2) is 9.59 Å². The summed E-state index contributed by atoms with van der Waals surface area (Å²) in [6, 6.07) is 17.2. The normalized spacial score (nSPS) is 14.2. The lowest BCUT2D eigenvalue weighted by atomic mass is 9.89. The number of nitrogens with zero attached hydrogens (tertiary/aromatic N) is 2. The number of ether oxygens (including phenoxy) is 2. The van der Waals surface area contributed by atoms with Gasteiger partial charge in [0.25, 0.3) is 0 Å². The molecule has 8 nitrogen and oxygen atoms in total. The standard InChI is InChI=1S/C35H43N3O5/c1-34(2,3)42-32(40)37-30-12-11-28(26-13-17-36-18-14-26)22-29(30)23-31(39)27-9-7-24(8-10-27)21-25-15-19-38(20-16-25)33(41)43-35(4,5)6/h7-14,17-18,22,25H,15-16,19-21,23H2,1-6H3,(H,37,40). The first kappa shape index (κ1) is 31.7. The third-order valence-corrected chi connectivity index (χ3v) is 7.17. The topological polar surface area (TPSA) is 97.8 Å². The highest BCUT2D eigenvalue weighted by molar-refractivity contribution is 5.99. The van der Waals surface area contributed by atoms with E-state index in [0.29, 0.717) is 35.8 Å². The van der Waals surface area contributed by atoms with E-state index in [1.54, 1.807) is 44.1 Å². The Morgan fingerprint density at radius 3 is 2.07 bits per heavy atom. The quantitative estimate of drug-likeness (QED) is 0.285. The third-order valence-electron chi connectivity index (χ3n) is 7.17. The van der Waals surface area contributed by atoms with Crippen LogP contribution in [-0.4, -0.2) is 52.1 Å². The van der Waals surface area contributed by atoms with Crippen LogP contribution in [0.5, 0.6) is 0 Å². The molecule has 2 aromatic carbocycles. The highest BCUT2D eigenvalue weighted by Gasteiger charge is 2.27. The van der Waals surface area contributed by atoms with Gasteiger partial charge >= 0.3 is 12.2 Å². The average Bonchev–Trinajstić information content (AvgIpc) is 2.93. The maximum Gasteiger partial charge on any atom is 0.412 e. The number of ketones is 1. The molecular weight excluding hydrogens is 542 g/mol. The minimum atomic E-state index is -0.645. The number of rotatable bonds is 7. The molecule has 228 valence electrons. The average molecular weight is 586 g/mol. The molecule has 0 radical (unpaired) electrons. The Labute approximate surface area is 254 Å². The summed E-state index contributed by atoms with van der Waals surface area (Å²) in [5, 5.41) is 2.82. The van der Waals surface area contributed by atoms with Crippen molar-refractivity contribution >= 4 is 23.7 Å². The van der Waals surface area contributed by atoms with E-state index >= 15 is 0 Å². The van der Waals surface area contributed by atoms with Gasteiger partial charge in [-0.15, -0.1) is 0 Å². The van der Waals surface area contributed by atoms with Crippen molar-refractivity contribution in [2.75, 3.05) is 18.4 Å². The van der Waals surface area contributed by atoms with Crippen molar-refractivity contribution in [3.63, 3.8) is 0 Å². The van der Waals surface area contributed by atoms with E-state index in [4.69, 9.17) is 9.47 Å². The molecule has 2 amide bonds. The van der Waals surface area contributed by atoms with Gasteiger partial charge in [0.05, 0.1) is 0 Å². The number of benzene rings is 2. The van der Waals surface area contributed by atoms with Crippen LogP contribution in [0.25, 0.3) is 11.1 Å². The minimum absolute atomic E-state index is 0.0451. The molecule has 0 bridgehead atoms. The number of carbonyl (C=O) groups excluding carboxylic acids is 3. The van der Waals surface area contributed by atoms with Gasteiger partial charge in [0, 0.05) is 43.2 Å². The van der Waals surface area contributed by atoms with Crippen LogP contribution in [-0.2, 0) is 22.3 Å². The Kier molecular flexibility index (Phi) is 9.89.